The first kappa shape index (κ1) is 14.7. The van der Waals surface area contributed by atoms with E-state index >= 15 is 0 Å². The van der Waals surface area contributed by atoms with E-state index in [4.69, 9.17) is 4.74 Å². The van der Waals surface area contributed by atoms with Crippen molar-refractivity contribution in [3.63, 3.8) is 0 Å². The lowest BCUT2D eigenvalue weighted by Crippen LogP contribution is -2.23. The van der Waals surface area contributed by atoms with E-state index < -0.39 is 0 Å². The molecule has 0 bridgehead atoms. The molecule has 0 amide bonds. The third-order valence-electron chi connectivity index (χ3n) is 3.02. The molecule has 1 rings (SSSR count). The maximum absolute atomic E-state index is 14.0. The van der Waals surface area contributed by atoms with E-state index in [-0.39, 0.29) is 11.9 Å². The summed E-state index contributed by atoms with van der Waals surface area (Å²) in [6, 6.07) is 4.84. The van der Waals surface area contributed by atoms with E-state index in [0.29, 0.717) is 11.3 Å². The van der Waals surface area contributed by atoms with E-state index in [1.54, 1.807) is 19.2 Å². The molecule has 3 heteroatoms. The number of benzene rings is 1. The molecular formula is C15H22FNO. The molecule has 1 N–H and O–H groups in total. The van der Waals surface area contributed by atoms with E-state index in [1.165, 1.54) is 6.07 Å². The van der Waals surface area contributed by atoms with Gasteiger partial charge in [0, 0.05) is 11.6 Å². The van der Waals surface area contributed by atoms with Gasteiger partial charge in [-0.3, -0.25) is 0 Å². The first-order valence-corrected chi connectivity index (χ1v) is 6.36. The summed E-state index contributed by atoms with van der Waals surface area (Å²) >= 11 is 0. The minimum Gasteiger partial charge on any atom is -0.496 e. The molecule has 1 aromatic rings. The molecule has 1 atom stereocenters. The van der Waals surface area contributed by atoms with Crippen LogP contribution in [-0.4, -0.2) is 13.7 Å². The van der Waals surface area contributed by atoms with Crippen molar-refractivity contribution >= 4 is 0 Å². The summed E-state index contributed by atoms with van der Waals surface area (Å²) in [5.74, 6) is 0.356. The second kappa shape index (κ2) is 7.17. The Labute approximate surface area is 109 Å². The molecule has 0 saturated heterocycles. The van der Waals surface area contributed by atoms with Gasteiger partial charge in [-0.15, -0.1) is 0 Å². The fourth-order valence-corrected chi connectivity index (χ4v) is 1.99. The summed E-state index contributed by atoms with van der Waals surface area (Å²) in [5.41, 5.74) is 1.70. The second-order valence-corrected chi connectivity index (χ2v) is 4.27. The van der Waals surface area contributed by atoms with Crippen molar-refractivity contribution in [2.75, 3.05) is 13.7 Å². The Morgan fingerprint density at radius 3 is 2.72 bits per heavy atom. The van der Waals surface area contributed by atoms with Crippen molar-refractivity contribution in [1.29, 1.82) is 0 Å². The van der Waals surface area contributed by atoms with Crippen LogP contribution in [0.25, 0.3) is 0 Å². The molecule has 100 valence electrons. The van der Waals surface area contributed by atoms with E-state index in [1.807, 2.05) is 6.92 Å². The summed E-state index contributed by atoms with van der Waals surface area (Å²) in [6.07, 6.45) is 1.63. The topological polar surface area (TPSA) is 21.3 Å². The molecule has 0 spiro atoms. The smallest absolute Gasteiger partial charge is 0.131 e. The fraction of sp³-hybridized carbons (Fsp3) is 0.467. The zero-order valence-electron chi connectivity index (χ0n) is 11.4. The minimum absolute atomic E-state index is 0.0846. The Kier molecular flexibility index (Phi) is 5.86. The normalized spacial score (nSPS) is 12.2. The van der Waals surface area contributed by atoms with Gasteiger partial charge in [0.2, 0.25) is 0 Å². The standard InChI is InChI=1S/C15H22FNO/c1-5-11(3)10-13(17-6-2)15-12(16)8-7-9-14(15)18-4/h7-9,13,17H,3,5-6,10H2,1-2,4H3. The van der Waals surface area contributed by atoms with Crippen molar-refractivity contribution in [2.24, 2.45) is 0 Å². The summed E-state index contributed by atoms with van der Waals surface area (Å²) in [5, 5.41) is 3.30. The second-order valence-electron chi connectivity index (χ2n) is 4.27. The van der Waals surface area contributed by atoms with Crippen molar-refractivity contribution < 1.29 is 9.13 Å². The first-order valence-electron chi connectivity index (χ1n) is 6.36. The summed E-state index contributed by atoms with van der Waals surface area (Å²) in [4.78, 5) is 0. The molecule has 0 aromatic heterocycles. The number of hydrogen-bond acceptors (Lipinski definition) is 2. The lowest BCUT2D eigenvalue weighted by molar-refractivity contribution is 0.390. The van der Waals surface area contributed by atoms with Crippen molar-refractivity contribution in [3.05, 3.63) is 41.7 Å². The summed E-state index contributed by atoms with van der Waals surface area (Å²) < 4.78 is 19.3. The quantitative estimate of drug-likeness (QED) is 0.743. The van der Waals surface area contributed by atoms with Gasteiger partial charge in [-0.2, -0.15) is 0 Å². The summed E-state index contributed by atoms with van der Waals surface area (Å²) in [6.45, 7) is 8.85. The van der Waals surface area contributed by atoms with Crippen LogP contribution in [0.3, 0.4) is 0 Å². The summed E-state index contributed by atoms with van der Waals surface area (Å²) in [7, 11) is 1.57. The average Bonchev–Trinajstić information content (AvgIpc) is 2.37. The zero-order chi connectivity index (χ0) is 13.5. The van der Waals surface area contributed by atoms with Crippen LogP contribution in [0.1, 0.15) is 38.3 Å². The first-order chi connectivity index (χ1) is 8.63. The van der Waals surface area contributed by atoms with Gasteiger partial charge >= 0.3 is 0 Å². The number of rotatable bonds is 7. The minimum atomic E-state index is -0.232. The Hall–Kier alpha value is -1.35. The van der Waals surface area contributed by atoms with E-state index in [2.05, 4.69) is 18.8 Å². The number of methoxy groups -OCH3 is 1. The van der Waals surface area contributed by atoms with Gasteiger partial charge in [0.1, 0.15) is 11.6 Å². The maximum Gasteiger partial charge on any atom is 0.131 e. The molecule has 2 nitrogen and oxygen atoms in total. The number of hydrogen-bond donors (Lipinski definition) is 1. The van der Waals surface area contributed by atoms with Crippen molar-refractivity contribution in [1.82, 2.24) is 5.32 Å². The van der Waals surface area contributed by atoms with Crippen molar-refractivity contribution in [3.8, 4) is 5.75 Å². The highest BCUT2D eigenvalue weighted by molar-refractivity contribution is 5.38. The lowest BCUT2D eigenvalue weighted by Gasteiger charge is -2.22. The predicted octanol–water partition coefficient (Wildman–Crippen LogP) is 3.84. The van der Waals surface area contributed by atoms with Crippen LogP contribution >= 0.6 is 0 Å². The molecule has 1 unspecified atom stereocenters. The van der Waals surface area contributed by atoms with Gasteiger partial charge < -0.3 is 10.1 Å². The number of halogens is 1. The van der Waals surface area contributed by atoms with Crippen LogP contribution < -0.4 is 10.1 Å². The zero-order valence-corrected chi connectivity index (χ0v) is 11.4. The lowest BCUT2D eigenvalue weighted by atomic mass is 9.97. The van der Waals surface area contributed by atoms with Gasteiger partial charge in [0.25, 0.3) is 0 Å². The van der Waals surface area contributed by atoms with Crippen LogP contribution in [0.5, 0.6) is 5.75 Å². The third kappa shape index (κ3) is 3.57. The highest BCUT2D eigenvalue weighted by Gasteiger charge is 2.20. The highest BCUT2D eigenvalue weighted by Crippen LogP contribution is 2.31. The molecule has 0 aliphatic carbocycles. The maximum atomic E-state index is 14.0. The molecule has 0 radical (unpaired) electrons. The van der Waals surface area contributed by atoms with Crippen LogP contribution in [0, 0.1) is 5.82 Å². The van der Waals surface area contributed by atoms with Crippen LogP contribution in [0.2, 0.25) is 0 Å². The molecule has 0 fully saturated rings. The number of nitrogens with one attached hydrogen (secondary N) is 1. The van der Waals surface area contributed by atoms with E-state index in [9.17, 15) is 4.39 Å². The van der Waals surface area contributed by atoms with Gasteiger partial charge in [-0.1, -0.05) is 32.1 Å². The molecule has 1 aromatic carbocycles. The van der Waals surface area contributed by atoms with Gasteiger partial charge in [0.05, 0.1) is 7.11 Å². The predicted molar refractivity (Wildman–Crippen MR) is 73.4 cm³/mol. The molecule has 0 heterocycles. The molecule has 0 saturated carbocycles. The van der Waals surface area contributed by atoms with Gasteiger partial charge in [-0.25, -0.2) is 4.39 Å². The monoisotopic (exact) mass is 251 g/mol. The van der Waals surface area contributed by atoms with E-state index in [0.717, 1.165) is 25.0 Å². The SMILES string of the molecule is C=C(CC)CC(NCC)c1c(F)cccc1OC. The van der Waals surface area contributed by atoms with Crippen molar-refractivity contribution in [2.45, 2.75) is 32.7 Å². The average molecular weight is 251 g/mol. The highest BCUT2D eigenvalue weighted by atomic mass is 19.1. The Morgan fingerprint density at radius 1 is 1.44 bits per heavy atom. The fourth-order valence-electron chi connectivity index (χ4n) is 1.99. The molecule has 18 heavy (non-hydrogen) atoms. The van der Waals surface area contributed by atoms with Crippen LogP contribution in [0.4, 0.5) is 4.39 Å². The Balaban J connectivity index is 3.07. The number of ether oxygens (including phenoxy) is 1. The van der Waals surface area contributed by atoms with Crippen LogP contribution in [0.15, 0.2) is 30.4 Å². The Morgan fingerprint density at radius 2 is 2.17 bits per heavy atom. The molecular weight excluding hydrogens is 229 g/mol. The third-order valence-corrected chi connectivity index (χ3v) is 3.02. The molecule has 0 aliphatic heterocycles. The van der Waals surface area contributed by atoms with Crippen LogP contribution in [-0.2, 0) is 0 Å². The Bertz CT molecular complexity index is 403. The van der Waals surface area contributed by atoms with Gasteiger partial charge in [-0.05, 0) is 31.5 Å². The van der Waals surface area contributed by atoms with Gasteiger partial charge in [0.15, 0.2) is 0 Å². The molecule has 0 aliphatic rings. The largest absolute Gasteiger partial charge is 0.496 e.